The summed E-state index contributed by atoms with van der Waals surface area (Å²) in [5.74, 6) is 0. The Labute approximate surface area is 160 Å². The van der Waals surface area contributed by atoms with Crippen LogP contribution in [0.1, 0.15) is 39.5 Å². The summed E-state index contributed by atoms with van der Waals surface area (Å²) in [4.78, 5) is 0.125. The first-order chi connectivity index (χ1) is 12.4. The number of benzene rings is 1. The Morgan fingerprint density at radius 2 is 1.77 bits per heavy atom. The Morgan fingerprint density at radius 3 is 2.27 bits per heavy atom. The van der Waals surface area contributed by atoms with Crippen molar-refractivity contribution in [3.63, 3.8) is 0 Å². The van der Waals surface area contributed by atoms with Gasteiger partial charge >= 0.3 is 0 Å². The van der Waals surface area contributed by atoms with Gasteiger partial charge in [-0.25, -0.2) is 8.42 Å². The molecule has 6 nitrogen and oxygen atoms in total. The molecule has 0 saturated heterocycles. The van der Waals surface area contributed by atoms with E-state index in [4.69, 9.17) is 22.1 Å². The molecule has 8 heteroatoms. The van der Waals surface area contributed by atoms with Crippen molar-refractivity contribution in [3.8, 4) is 12.1 Å². The summed E-state index contributed by atoms with van der Waals surface area (Å²) in [5, 5.41) is 20.6. The van der Waals surface area contributed by atoms with Crippen LogP contribution >= 0.6 is 11.6 Å². The molecule has 1 aromatic rings. The smallest absolute Gasteiger partial charge is 0.243 e. The highest BCUT2D eigenvalue weighted by Gasteiger charge is 2.24. The molecule has 0 atom stereocenters. The van der Waals surface area contributed by atoms with Crippen LogP contribution < -0.4 is 5.32 Å². The minimum absolute atomic E-state index is 0.125. The third-order valence-electron chi connectivity index (χ3n) is 3.71. The largest absolute Gasteiger partial charge is 0.359 e. The van der Waals surface area contributed by atoms with Gasteiger partial charge in [0.2, 0.25) is 10.0 Å². The highest BCUT2D eigenvalue weighted by Crippen LogP contribution is 2.27. The number of anilines is 1. The molecule has 0 aliphatic carbocycles. The second-order valence-corrected chi connectivity index (χ2v) is 8.02. The lowest BCUT2D eigenvalue weighted by atomic mass is 10.3. The molecule has 0 fully saturated rings. The number of halogens is 1. The van der Waals surface area contributed by atoms with E-state index < -0.39 is 10.0 Å². The highest BCUT2D eigenvalue weighted by molar-refractivity contribution is 7.89. The van der Waals surface area contributed by atoms with Crippen molar-refractivity contribution in [1.82, 2.24) is 4.31 Å². The summed E-state index contributed by atoms with van der Waals surface area (Å²) in [5.41, 5.74) is 0.184. The maximum absolute atomic E-state index is 13.0. The van der Waals surface area contributed by atoms with Crippen LogP contribution in [-0.4, -0.2) is 25.8 Å². The Balaban J connectivity index is 3.19. The van der Waals surface area contributed by atoms with Gasteiger partial charge in [-0.1, -0.05) is 38.3 Å². The maximum Gasteiger partial charge on any atom is 0.243 e. The number of rotatable bonds is 10. The predicted octanol–water partition coefficient (Wildman–Crippen LogP) is 4.27. The lowest BCUT2D eigenvalue weighted by molar-refractivity contribution is 0.395. The summed E-state index contributed by atoms with van der Waals surface area (Å²) < 4.78 is 27.5. The minimum Gasteiger partial charge on any atom is -0.359 e. The average molecular weight is 395 g/mol. The van der Waals surface area contributed by atoms with Gasteiger partial charge in [0.1, 0.15) is 17.7 Å². The Morgan fingerprint density at radius 1 is 1.19 bits per heavy atom. The molecule has 1 rings (SSSR count). The molecule has 0 heterocycles. The molecule has 0 bridgehead atoms. The normalized spacial score (nSPS) is 10.8. The molecule has 0 aromatic heterocycles. The lowest BCUT2D eigenvalue weighted by Gasteiger charge is -2.22. The molecular weight excluding hydrogens is 372 g/mol. The van der Waals surface area contributed by atoms with E-state index in [0.717, 1.165) is 25.7 Å². The average Bonchev–Trinajstić information content (AvgIpc) is 2.63. The highest BCUT2D eigenvalue weighted by atomic mass is 35.5. The van der Waals surface area contributed by atoms with Gasteiger partial charge in [-0.15, -0.1) is 0 Å². The molecule has 1 N–H and O–H groups in total. The summed E-state index contributed by atoms with van der Waals surface area (Å²) in [7, 11) is -3.65. The van der Waals surface area contributed by atoms with E-state index in [-0.39, 0.29) is 10.5 Å². The predicted molar refractivity (Wildman–Crippen MR) is 103 cm³/mol. The number of nitrogens with zero attached hydrogens (tertiary/aromatic N) is 3. The van der Waals surface area contributed by atoms with Crippen LogP contribution in [0.4, 0.5) is 5.69 Å². The molecule has 0 spiro atoms. The van der Waals surface area contributed by atoms with Crippen LogP contribution in [0.3, 0.4) is 0 Å². The van der Waals surface area contributed by atoms with Crippen molar-refractivity contribution in [2.45, 2.75) is 44.4 Å². The summed E-state index contributed by atoms with van der Waals surface area (Å²) in [6.07, 6.45) is 4.59. The van der Waals surface area contributed by atoms with Crippen LogP contribution in [0.15, 0.2) is 34.9 Å². The summed E-state index contributed by atoms with van der Waals surface area (Å²) in [6.45, 7) is 4.97. The van der Waals surface area contributed by atoms with Gasteiger partial charge in [0, 0.05) is 19.3 Å². The van der Waals surface area contributed by atoms with E-state index in [1.54, 1.807) is 12.1 Å². The third kappa shape index (κ3) is 6.03. The number of sulfonamides is 1. The first-order valence-corrected chi connectivity index (χ1v) is 10.3. The fraction of sp³-hybridized carbons (Fsp3) is 0.444. The zero-order valence-corrected chi connectivity index (χ0v) is 16.6. The molecule has 1 aromatic carbocycles. The zero-order chi connectivity index (χ0) is 19.6. The Bertz CT molecular complexity index is 799. The second-order valence-electron chi connectivity index (χ2n) is 5.68. The Kier molecular flexibility index (Phi) is 9.15. The van der Waals surface area contributed by atoms with Gasteiger partial charge in [-0.05, 0) is 31.0 Å². The van der Waals surface area contributed by atoms with Crippen molar-refractivity contribution < 1.29 is 8.42 Å². The monoisotopic (exact) mass is 394 g/mol. The van der Waals surface area contributed by atoms with Gasteiger partial charge in [-0.2, -0.15) is 14.8 Å². The SMILES string of the molecule is CCCCN(CCCC)S(=O)(=O)c1ccc(Cl)c(NC=C(C#N)C#N)c1. The Hall–Kier alpha value is -2.06. The van der Waals surface area contributed by atoms with Crippen molar-refractivity contribution >= 4 is 27.3 Å². The number of unbranched alkanes of at least 4 members (excludes halogenated alkanes) is 2. The van der Waals surface area contributed by atoms with Crippen molar-refractivity contribution in [2.24, 2.45) is 0 Å². The first kappa shape index (κ1) is 22.0. The molecule has 0 saturated carbocycles. The van der Waals surface area contributed by atoms with E-state index in [0.29, 0.717) is 23.8 Å². The van der Waals surface area contributed by atoms with E-state index in [9.17, 15) is 8.42 Å². The number of hydrogen-bond donors (Lipinski definition) is 1. The zero-order valence-electron chi connectivity index (χ0n) is 15.0. The molecule has 140 valence electrons. The summed E-state index contributed by atoms with van der Waals surface area (Å²) in [6, 6.07) is 7.81. The molecule has 0 aliphatic rings. The number of allylic oxidation sites excluding steroid dienone is 1. The van der Waals surface area contributed by atoms with Crippen LogP contribution in [0.25, 0.3) is 0 Å². The topological polar surface area (TPSA) is 97.0 Å². The molecule has 0 unspecified atom stereocenters. The van der Waals surface area contributed by atoms with E-state index in [2.05, 4.69) is 5.32 Å². The molecule has 26 heavy (non-hydrogen) atoms. The number of nitrogens with one attached hydrogen (secondary N) is 1. The molecular formula is C18H23ClN4O2S. The molecule has 0 aliphatic heterocycles. The lowest BCUT2D eigenvalue weighted by Crippen LogP contribution is -2.33. The van der Waals surface area contributed by atoms with E-state index in [1.807, 2.05) is 13.8 Å². The minimum atomic E-state index is -3.65. The van der Waals surface area contributed by atoms with Gasteiger partial charge in [-0.3, -0.25) is 0 Å². The quantitative estimate of drug-likeness (QED) is 0.597. The fourth-order valence-electron chi connectivity index (χ4n) is 2.19. The van der Waals surface area contributed by atoms with Gasteiger partial charge in [0.25, 0.3) is 0 Å². The number of nitriles is 2. The van der Waals surface area contributed by atoms with Crippen molar-refractivity contribution in [3.05, 3.63) is 35.0 Å². The van der Waals surface area contributed by atoms with E-state index >= 15 is 0 Å². The van der Waals surface area contributed by atoms with Gasteiger partial charge in [0.05, 0.1) is 15.6 Å². The maximum atomic E-state index is 13.0. The summed E-state index contributed by atoms with van der Waals surface area (Å²) >= 11 is 6.10. The van der Waals surface area contributed by atoms with Gasteiger partial charge in [0.15, 0.2) is 0 Å². The van der Waals surface area contributed by atoms with Crippen LogP contribution in [0.2, 0.25) is 5.02 Å². The standard InChI is InChI=1S/C18H23ClN4O2S/c1-3-5-9-23(10-6-4-2)26(24,25)16-7-8-17(19)18(11-16)22-14-15(12-20)13-21/h7-8,11,14,22H,3-6,9-10H2,1-2H3. The molecule has 0 radical (unpaired) electrons. The second kappa shape index (κ2) is 10.8. The van der Waals surface area contributed by atoms with Crippen LogP contribution in [-0.2, 0) is 10.0 Å². The van der Waals surface area contributed by atoms with Crippen molar-refractivity contribution in [1.29, 1.82) is 10.5 Å². The van der Waals surface area contributed by atoms with Crippen LogP contribution in [0.5, 0.6) is 0 Å². The third-order valence-corrected chi connectivity index (χ3v) is 5.93. The van der Waals surface area contributed by atoms with E-state index in [1.165, 1.54) is 28.7 Å². The number of hydrogen-bond acceptors (Lipinski definition) is 5. The van der Waals surface area contributed by atoms with Crippen LogP contribution in [0, 0.1) is 22.7 Å². The van der Waals surface area contributed by atoms with Crippen molar-refractivity contribution in [2.75, 3.05) is 18.4 Å². The van der Waals surface area contributed by atoms with Gasteiger partial charge < -0.3 is 5.32 Å². The molecule has 0 amide bonds. The first-order valence-electron chi connectivity index (χ1n) is 8.47. The fourth-order valence-corrected chi connectivity index (χ4v) is 3.90.